The highest BCUT2D eigenvalue weighted by Crippen LogP contribution is 2.25. The van der Waals surface area contributed by atoms with E-state index in [9.17, 15) is 24.5 Å². The molecular weight excluding hydrogens is 370 g/mol. The molecule has 0 saturated carbocycles. The number of nitrogens with one attached hydrogen (secondary N) is 2. The number of anilines is 1. The van der Waals surface area contributed by atoms with Crippen LogP contribution in [0.2, 0.25) is 0 Å². The van der Waals surface area contributed by atoms with Crippen molar-refractivity contribution in [1.82, 2.24) is 5.32 Å². The van der Waals surface area contributed by atoms with Crippen molar-refractivity contribution in [2.24, 2.45) is 0 Å². The number of nitro benzene ring substituents is 1. The summed E-state index contributed by atoms with van der Waals surface area (Å²) < 4.78 is 9.98. The topological polar surface area (TPSA) is 137 Å². The van der Waals surface area contributed by atoms with Crippen molar-refractivity contribution in [3.8, 4) is 5.75 Å². The zero-order valence-electron chi connectivity index (χ0n) is 15.0. The minimum Gasteiger partial charge on any atom is -0.496 e. The van der Waals surface area contributed by atoms with Gasteiger partial charge in [0.1, 0.15) is 11.3 Å². The average Bonchev–Trinajstić information content (AvgIpc) is 2.67. The van der Waals surface area contributed by atoms with Gasteiger partial charge in [0, 0.05) is 17.8 Å². The summed E-state index contributed by atoms with van der Waals surface area (Å²) in [4.78, 5) is 46.4. The van der Waals surface area contributed by atoms with Crippen molar-refractivity contribution in [2.75, 3.05) is 12.4 Å². The first-order chi connectivity index (χ1) is 13.3. The van der Waals surface area contributed by atoms with E-state index in [1.165, 1.54) is 26.2 Å². The number of carbonyl (C=O) groups excluding carboxylic acids is 3. The zero-order chi connectivity index (χ0) is 20.7. The standard InChI is InChI=1S/C18H17N3O7/c1-11(16(22)20-18(24)19-12-6-4-3-5-7-12)28-17(23)14-10-13(21(25)26)8-9-15(14)27-2/h3-11H,1-2H3,(H2,19,20,22,24). The van der Waals surface area contributed by atoms with E-state index >= 15 is 0 Å². The van der Waals surface area contributed by atoms with Gasteiger partial charge >= 0.3 is 12.0 Å². The Morgan fingerprint density at radius 2 is 1.79 bits per heavy atom. The van der Waals surface area contributed by atoms with Crippen molar-refractivity contribution >= 4 is 29.3 Å². The van der Waals surface area contributed by atoms with Gasteiger partial charge in [-0.3, -0.25) is 20.2 Å². The van der Waals surface area contributed by atoms with Gasteiger partial charge in [-0.1, -0.05) is 18.2 Å². The highest BCUT2D eigenvalue weighted by atomic mass is 16.6. The number of rotatable bonds is 6. The quantitative estimate of drug-likeness (QED) is 0.441. The van der Waals surface area contributed by atoms with Gasteiger partial charge in [-0.25, -0.2) is 9.59 Å². The molecule has 0 bridgehead atoms. The lowest BCUT2D eigenvalue weighted by Crippen LogP contribution is -2.41. The van der Waals surface area contributed by atoms with Gasteiger partial charge in [0.15, 0.2) is 6.10 Å². The van der Waals surface area contributed by atoms with Crippen LogP contribution in [0.4, 0.5) is 16.2 Å². The van der Waals surface area contributed by atoms with E-state index in [0.717, 1.165) is 6.07 Å². The maximum atomic E-state index is 12.3. The number of carbonyl (C=O) groups is 3. The summed E-state index contributed by atoms with van der Waals surface area (Å²) in [6.07, 6.45) is -1.34. The second-order valence-electron chi connectivity index (χ2n) is 5.50. The number of esters is 1. The lowest BCUT2D eigenvalue weighted by atomic mass is 10.1. The number of urea groups is 1. The molecule has 2 aromatic carbocycles. The molecule has 2 N–H and O–H groups in total. The van der Waals surface area contributed by atoms with Crippen LogP contribution in [0.3, 0.4) is 0 Å². The molecule has 1 unspecified atom stereocenters. The second kappa shape index (κ2) is 9.12. The summed E-state index contributed by atoms with van der Waals surface area (Å²) in [5.41, 5.74) is -0.0871. The summed E-state index contributed by atoms with van der Waals surface area (Å²) in [6, 6.07) is 11.0. The molecule has 0 aliphatic rings. The molecular formula is C18H17N3O7. The number of imide groups is 1. The summed E-state index contributed by atoms with van der Waals surface area (Å²) in [7, 11) is 1.28. The number of benzene rings is 2. The monoisotopic (exact) mass is 387 g/mol. The molecule has 10 nitrogen and oxygen atoms in total. The van der Waals surface area contributed by atoms with Crippen LogP contribution < -0.4 is 15.4 Å². The summed E-state index contributed by atoms with van der Waals surface area (Å²) in [5, 5.41) is 15.4. The number of amides is 3. The molecule has 146 valence electrons. The van der Waals surface area contributed by atoms with Crippen molar-refractivity contribution < 1.29 is 28.8 Å². The van der Waals surface area contributed by atoms with Crippen LogP contribution in [-0.2, 0) is 9.53 Å². The van der Waals surface area contributed by atoms with Gasteiger partial charge < -0.3 is 14.8 Å². The van der Waals surface area contributed by atoms with E-state index in [0.29, 0.717) is 5.69 Å². The van der Waals surface area contributed by atoms with Crippen LogP contribution in [0.15, 0.2) is 48.5 Å². The van der Waals surface area contributed by atoms with Gasteiger partial charge in [0.05, 0.1) is 12.0 Å². The fraction of sp³-hybridized carbons (Fsp3) is 0.167. The lowest BCUT2D eigenvalue weighted by Gasteiger charge is -2.14. The van der Waals surface area contributed by atoms with Crippen molar-refractivity contribution in [3.63, 3.8) is 0 Å². The first-order valence-corrected chi connectivity index (χ1v) is 8.02. The summed E-state index contributed by atoms with van der Waals surface area (Å²) in [5.74, 6) is -1.83. The van der Waals surface area contributed by atoms with Gasteiger partial charge in [-0.05, 0) is 25.1 Å². The van der Waals surface area contributed by atoms with Gasteiger partial charge in [0.25, 0.3) is 11.6 Å². The van der Waals surface area contributed by atoms with Crippen molar-refractivity contribution in [3.05, 3.63) is 64.2 Å². The van der Waals surface area contributed by atoms with Crippen LogP contribution >= 0.6 is 0 Å². The molecule has 0 saturated heterocycles. The molecule has 10 heteroatoms. The molecule has 0 aliphatic heterocycles. The Morgan fingerprint density at radius 3 is 2.39 bits per heavy atom. The molecule has 0 fully saturated rings. The van der Waals surface area contributed by atoms with E-state index in [-0.39, 0.29) is 17.0 Å². The zero-order valence-corrected chi connectivity index (χ0v) is 15.0. The first kappa shape index (κ1) is 20.4. The third-order valence-corrected chi connectivity index (χ3v) is 3.54. The normalized spacial score (nSPS) is 11.1. The molecule has 0 heterocycles. The number of para-hydroxylation sites is 1. The van der Waals surface area contributed by atoms with Crippen LogP contribution in [0.1, 0.15) is 17.3 Å². The van der Waals surface area contributed by atoms with Gasteiger partial charge in [-0.15, -0.1) is 0 Å². The Morgan fingerprint density at radius 1 is 1.11 bits per heavy atom. The maximum absolute atomic E-state index is 12.3. The van der Waals surface area contributed by atoms with Crippen LogP contribution in [0.25, 0.3) is 0 Å². The average molecular weight is 387 g/mol. The number of hydrogen-bond acceptors (Lipinski definition) is 7. The number of nitrogens with zero attached hydrogens (tertiary/aromatic N) is 1. The maximum Gasteiger partial charge on any atom is 0.342 e. The van der Waals surface area contributed by atoms with E-state index in [1.54, 1.807) is 30.3 Å². The van der Waals surface area contributed by atoms with Crippen LogP contribution in [0.5, 0.6) is 5.75 Å². The number of hydrogen-bond donors (Lipinski definition) is 2. The Balaban J connectivity index is 2.01. The highest BCUT2D eigenvalue weighted by Gasteiger charge is 2.24. The minimum atomic E-state index is -1.34. The molecule has 2 aromatic rings. The molecule has 2 rings (SSSR count). The van der Waals surface area contributed by atoms with Crippen LogP contribution in [-0.4, -0.2) is 36.0 Å². The minimum absolute atomic E-state index is 0.0463. The van der Waals surface area contributed by atoms with Crippen molar-refractivity contribution in [1.29, 1.82) is 0 Å². The van der Waals surface area contributed by atoms with Gasteiger partial charge in [0.2, 0.25) is 0 Å². The number of ether oxygens (including phenoxy) is 2. The molecule has 3 amide bonds. The fourth-order valence-electron chi connectivity index (χ4n) is 2.14. The van der Waals surface area contributed by atoms with E-state index in [4.69, 9.17) is 9.47 Å². The second-order valence-corrected chi connectivity index (χ2v) is 5.50. The largest absolute Gasteiger partial charge is 0.496 e. The molecule has 0 aromatic heterocycles. The predicted molar refractivity (Wildman–Crippen MR) is 98.1 cm³/mol. The molecule has 28 heavy (non-hydrogen) atoms. The van der Waals surface area contributed by atoms with E-state index in [1.807, 2.05) is 5.32 Å². The van der Waals surface area contributed by atoms with E-state index < -0.39 is 28.9 Å². The van der Waals surface area contributed by atoms with E-state index in [2.05, 4.69) is 5.32 Å². The van der Waals surface area contributed by atoms with Crippen LogP contribution in [0, 0.1) is 10.1 Å². The summed E-state index contributed by atoms with van der Waals surface area (Å²) in [6.45, 7) is 1.26. The fourth-order valence-corrected chi connectivity index (χ4v) is 2.14. The third-order valence-electron chi connectivity index (χ3n) is 3.54. The Kier molecular flexibility index (Phi) is 6.63. The Bertz CT molecular complexity index is 899. The smallest absolute Gasteiger partial charge is 0.342 e. The Labute approximate surface area is 159 Å². The SMILES string of the molecule is COc1ccc([N+](=O)[O-])cc1C(=O)OC(C)C(=O)NC(=O)Nc1ccccc1. The Hall–Kier alpha value is -3.95. The third kappa shape index (κ3) is 5.27. The number of nitro groups is 1. The molecule has 0 spiro atoms. The predicted octanol–water partition coefficient (Wildman–Crippen LogP) is 2.50. The first-order valence-electron chi connectivity index (χ1n) is 8.02. The molecule has 1 atom stereocenters. The molecule has 0 radical (unpaired) electrons. The number of methoxy groups -OCH3 is 1. The lowest BCUT2D eigenvalue weighted by molar-refractivity contribution is -0.384. The highest BCUT2D eigenvalue weighted by molar-refractivity contribution is 6.03. The van der Waals surface area contributed by atoms with Gasteiger partial charge in [-0.2, -0.15) is 0 Å². The number of non-ortho nitro benzene ring substituents is 1. The molecule has 0 aliphatic carbocycles. The van der Waals surface area contributed by atoms with Crippen molar-refractivity contribution in [2.45, 2.75) is 13.0 Å². The summed E-state index contributed by atoms with van der Waals surface area (Å²) >= 11 is 0.